The number of aliphatic carboxylic acids is 1. The van der Waals surface area contributed by atoms with E-state index in [0.29, 0.717) is 19.2 Å². The fourth-order valence-corrected chi connectivity index (χ4v) is 5.25. The van der Waals surface area contributed by atoms with Gasteiger partial charge >= 0.3 is 31.8 Å². The molecule has 0 aliphatic carbocycles. The normalized spacial score (nSPS) is 11.5. The Hall–Kier alpha value is -2.95. The number of phenols is 1. The second kappa shape index (κ2) is 19.1. The van der Waals surface area contributed by atoms with Gasteiger partial charge in [0, 0.05) is 11.4 Å². The van der Waals surface area contributed by atoms with E-state index in [2.05, 4.69) is 42.3 Å². The van der Waals surface area contributed by atoms with Crippen LogP contribution >= 0.6 is 62.7 Å². The van der Waals surface area contributed by atoms with Gasteiger partial charge in [0.2, 0.25) is 0 Å². The molecule has 1 aromatic heterocycles. The third kappa shape index (κ3) is 13.6. The highest BCUT2D eigenvalue weighted by Crippen LogP contribution is 2.33. The van der Waals surface area contributed by atoms with Crippen LogP contribution in [0.25, 0.3) is 5.69 Å². The maximum atomic E-state index is 14.2. The Morgan fingerprint density at radius 2 is 1.79 bits per heavy atom. The molecule has 0 aliphatic heterocycles. The summed E-state index contributed by atoms with van der Waals surface area (Å²) in [7, 11) is -4.10. The first-order chi connectivity index (χ1) is 21.7. The number of alkyl halides is 3. The molecular formula is C25H25Br2Cl2F3N5O9P. The van der Waals surface area contributed by atoms with E-state index < -0.39 is 55.8 Å². The van der Waals surface area contributed by atoms with Gasteiger partial charge in [0.25, 0.3) is 0 Å². The smallest absolute Gasteiger partial charge is 0.355 e. The standard InChI is InChI=1S/C15H14Cl2F3N3O3.C7H3Br2NO.C3H8NO5P/c1-3-26-13(24)10(17)4-8-5-12(11(18)6-9(8)16)23-15(25)22(14(19)20)7(2)21-23;8-5-1-4(3-10)2-6(9)7(5)11;5-3(6)1-4-2-10(7,8)9/h5-6,10,14H,3-4H2,1-2H3;1-2,11H;4H,1-2H2,(H,5,6)(H2,7,8,9). The van der Waals surface area contributed by atoms with Crippen molar-refractivity contribution in [3.05, 3.63) is 71.5 Å². The van der Waals surface area contributed by atoms with E-state index in [1.54, 1.807) is 19.1 Å². The Morgan fingerprint density at radius 3 is 2.23 bits per heavy atom. The zero-order valence-electron chi connectivity index (χ0n) is 24.0. The number of aromatic nitrogens is 3. The molecule has 0 bridgehead atoms. The van der Waals surface area contributed by atoms with Crippen LogP contribution in [0, 0.1) is 24.1 Å². The number of carbonyl (C=O) groups is 2. The number of nitrogens with zero attached hydrogens (tertiary/aromatic N) is 4. The minimum atomic E-state index is -4.10. The fraction of sp³-hybridized carbons (Fsp3) is 0.320. The molecule has 2 aromatic carbocycles. The van der Waals surface area contributed by atoms with Crippen LogP contribution < -0.4 is 11.0 Å². The first-order valence-corrected chi connectivity index (χ1v) is 16.7. The lowest BCUT2D eigenvalue weighted by atomic mass is 10.1. The maximum absolute atomic E-state index is 14.2. The number of benzene rings is 2. The number of rotatable bonds is 10. The van der Waals surface area contributed by atoms with Crippen LogP contribution in [-0.4, -0.2) is 71.1 Å². The molecule has 22 heteroatoms. The molecule has 0 saturated heterocycles. The van der Waals surface area contributed by atoms with E-state index >= 15 is 0 Å². The molecule has 0 amide bonds. The number of carboxylic acid groups (broad SMARTS) is 1. The van der Waals surface area contributed by atoms with Crippen LogP contribution in [0.3, 0.4) is 0 Å². The van der Waals surface area contributed by atoms with Crippen molar-refractivity contribution in [3.63, 3.8) is 0 Å². The van der Waals surface area contributed by atoms with Crippen LogP contribution in [0.2, 0.25) is 5.02 Å². The Kier molecular flexibility index (Phi) is 17.1. The van der Waals surface area contributed by atoms with Crippen molar-refractivity contribution in [1.29, 1.82) is 5.26 Å². The number of halogens is 7. The van der Waals surface area contributed by atoms with Crippen molar-refractivity contribution < 1.29 is 52.1 Å². The fourth-order valence-electron chi connectivity index (χ4n) is 3.20. The molecule has 3 rings (SSSR count). The van der Waals surface area contributed by atoms with Crippen molar-refractivity contribution in [2.45, 2.75) is 32.2 Å². The number of ether oxygens (including phenoxy) is 1. The predicted octanol–water partition coefficient (Wildman–Crippen LogP) is 4.83. The monoisotopic (exact) mass is 855 g/mol. The number of aryl methyl sites for hydroxylation is 1. The van der Waals surface area contributed by atoms with Crippen LogP contribution in [0.5, 0.6) is 5.75 Å². The summed E-state index contributed by atoms with van der Waals surface area (Å²) in [5, 5.41) is 30.3. The number of esters is 1. The number of carbonyl (C=O) groups excluding carboxylic acids is 1. The molecule has 0 spiro atoms. The molecule has 1 heterocycles. The highest BCUT2D eigenvalue weighted by Gasteiger charge is 2.23. The number of nitrogens with one attached hydrogen (secondary N) is 1. The summed E-state index contributed by atoms with van der Waals surface area (Å²) < 4.78 is 56.6. The Balaban J connectivity index is 0.000000431. The quantitative estimate of drug-likeness (QED) is 0.105. The predicted molar refractivity (Wildman–Crippen MR) is 170 cm³/mol. The second-order valence-electron chi connectivity index (χ2n) is 8.75. The van der Waals surface area contributed by atoms with E-state index in [1.165, 1.54) is 6.92 Å². The molecule has 14 nitrogen and oxygen atoms in total. The van der Waals surface area contributed by atoms with E-state index in [0.717, 1.165) is 12.1 Å². The number of phenolic OH excluding ortho intramolecular Hbond substituents is 1. The molecule has 47 heavy (non-hydrogen) atoms. The Morgan fingerprint density at radius 1 is 1.21 bits per heavy atom. The van der Waals surface area contributed by atoms with Crippen molar-refractivity contribution in [1.82, 2.24) is 19.7 Å². The third-order valence-electron chi connectivity index (χ3n) is 5.20. The van der Waals surface area contributed by atoms with Crippen molar-refractivity contribution in [2.75, 3.05) is 19.4 Å². The summed E-state index contributed by atoms with van der Waals surface area (Å²) in [6.07, 6.45) is -0.713. The largest absolute Gasteiger partial charge is 0.506 e. The SMILES string of the molecule is CCOC(=O)C(Cl)Cc1cc(-n2nc(C)n(C(F)F)c2=O)c(F)cc1Cl.N#Cc1cc(Br)c(O)c(Br)c1.O=C(O)CNCP(=O)(O)O. The minimum Gasteiger partial charge on any atom is -0.506 e. The number of hydrogen-bond donors (Lipinski definition) is 5. The molecule has 0 radical (unpaired) electrons. The van der Waals surface area contributed by atoms with Crippen LogP contribution in [-0.2, 0) is 25.3 Å². The highest BCUT2D eigenvalue weighted by molar-refractivity contribution is 9.11. The van der Waals surface area contributed by atoms with E-state index in [4.69, 9.17) is 48.1 Å². The number of aromatic hydroxyl groups is 1. The Labute approximate surface area is 291 Å². The molecule has 0 saturated carbocycles. The van der Waals surface area contributed by atoms with Crippen LogP contribution in [0.4, 0.5) is 13.2 Å². The first kappa shape index (κ1) is 42.1. The maximum Gasteiger partial charge on any atom is 0.355 e. The molecular weight excluding hydrogens is 833 g/mol. The average Bonchev–Trinajstić information content (AvgIpc) is 3.26. The number of hydrogen-bond acceptors (Lipinski definition) is 9. The van der Waals surface area contributed by atoms with Gasteiger partial charge in [0.05, 0.1) is 40.0 Å². The van der Waals surface area contributed by atoms with Crippen molar-refractivity contribution in [3.8, 4) is 17.5 Å². The van der Waals surface area contributed by atoms with Gasteiger partial charge in [-0.3, -0.25) is 19.5 Å². The molecule has 0 fully saturated rings. The van der Waals surface area contributed by atoms with Crippen LogP contribution in [0.15, 0.2) is 38.0 Å². The van der Waals surface area contributed by atoms with Gasteiger partial charge in [-0.2, -0.15) is 18.7 Å². The highest BCUT2D eigenvalue weighted by atomic mass is 79.9. The average molecular weight is 858 g/mol. The van der Waals surface area contributed by atoms with Crippen molar-refractivity contribution in [2.24, 2.45) is 0 Å². The summed E-state index contributed by atoms with van der Waals surface area (Å²) in [4.78, 5) is 49.9. The van der Waals surface area contributed by atoms with Gasteiger partial charge in [-0.1, -0.05) is 11.6 Å². The zero-order valence-corrected chi connectivity index (χ0v) is 29.6. The zero-order chi connectivity index (χ0) is 36.2. The van der Waals surface area contributed by atoms with Crippen LogP contribution in [0.1, 0.15) is 30.4 Å². The van der Waals surface area contributed by atoms with Gasteiger partial charge in [-0.15, -0.1) is 16.7 Å². The summed E-state index contributed by atoms with van der Waals surface area (Å²) in [6, 6.07) is 7.10. The third-order valence-corrected chi connectivity index (χ3v) is 7.73. The summed E-state index contributed by atoms with van der Waals surface area (Å²) in [5.74, 6) is -2.95. The lowest BCUT2D eigenvalue weighted by molar-refractivity contribution is -0.142. The molecule has 0 aliphatic rings. The molecule has 258 valence electrons. The van der Waals surface area contributed by atoms with Gasteiger partial charge < -0.3 is 24.7 Å². The van der Waals surface area contributed by atoms with Gasteiger partial charge in [-0.05, 0) is 75.5 Å². The summed E-state index contributed by atoms with van der Waals surface area (Å²) >= 11 is 18.1. The number of carboxylic acids is 1. The van der Waals surface area contributed by atoms with Gasteiger partial charge in [0.15, 0.2) is 5.82 Å². The topological polar surface area (TPSA) is 217 Å². The number of nitriles is 1. The summed E-state index contributed by atoms with van der Waals surface area (Å²) in [5.41, 5.74) is -0.865. The minimum absolute atomic E-state index is 0.0424. The molecule has 1 unspecified atom stereocenters. The van der Waals surface area contributed by atoms with Gasteiger partial charge in [0.1, 0.15) is 22.6 Å². The summed E-state index contributed by atoms with van der Waals surface area (Å²) in [6.45, 7) is -0.635. The van der Waals surface area contributed by atoms with Crippen molar-refractivity contribution >= 4 is 74.6 Å². The Bertz CT molecular complexity index is 1710. The first-order valence-electron chi connectivity index (χ1n) is 12.5. The second-order valence-corrected chi connectivity index (χ2v) is 13.0. The lowest BCUT2D eigenvalue weighted by Gasteiger charge is -2.12. The molecule has 3 aromatic rings. The molecule has 1 atom stereocenters. The molecule has 5 N–H and O–H groups in total. The van der Waals surface area contributed by atoms with E-state index in [-0.39, 0.29) is 45.4 Å². The van der Waals surface area contributed by atoms with Gasteiger partial charge in [-0.25, -0.2) is 13.8 Å². The van der Waals surface area contributed by atoms with E-state index in [9.17, 15) is 37.2 Å². The lowest BCUT2D eigenvalue weighted by Crippen LogP contribution is -2.25. The van der Waals surface area contributed by atoms with E-state index in [1.807, 2.05) is 6.07 Å².